The van der Waals surface area contributed by atoms with Crippen molar-refractivity contribution in [3.8, 4) is 0 Å². The van der Waals surface area contributed by atoms with Gasteiger partial charge in [-0.1, -0.05) is 25.1 Å². The minimum Gasteiger partial charge on any atom is -0.459 e. The highest BCUT2D eigenvalue weighted by atomic mass is 16.5. The summed E-state index contributed by atoms with van der Waals surface area (Å²) in [4.78, 5) is 24.8. The van der Waals surface area contributed by atoms with Gasteiger partial charge >= 0.3 is 6.03 Å². The average Bonchev–Trinajstić information content (AvgIpc) is 3.14. The molecule has 3 amide bonds. The summed E-state index contributed by atoms with van der Waals surface area (Å²) in [6.07, 6.45) is 2.92. The van der Waals surface area contributed by atoms with E-state index >= 15 is 0 Å². The molecule has 1 aliphatic rings. The van der Waals surface area contributed by atoms with Gasteiger partial charge in [-0.25, -0.2) is 4.79 Å². The van der Waals surface area contributed by atoms with Crippen LogP contribution in [0.1, 0.15) is 45.3 Å². The number of benzene rings is 1. The van der Waals surface area contributed by atoms with Crippen LogP contribution in [-0.2, 0) is 16.1 Å². The lowest BCUT2D eigenvalue weighted by molar-refractivity contribution is -0.127. The summed E-state index contributed by atoms with van der Waals surface area (Å²) in [5.74, 6) is 0.561. The van der Waals surface area contributed by atoms with Crippen molar-refractivity contribution >= 4 is 22.9 Å². The molecule has 158 valence electrons. The Balaban J connectivity index is 1.57. The van der Waals surface area contributed by atoms with Crippen LogP contribution in [-0.4, -0.2) is 37.2 Å². The van der Waals surface area contributed by atoms with Crippen LogP contribution in [0, 0.1) is 5.92 Å². The number of urea groups is 1. The molecule has 0 bridgehead atoms. The first-order chi connectivity index (χ1) is 14.1. The standard InChI is InChI=1S/C22H31N3O4/c1-3-11-28-20-10-9-16(13-18(20)25-22(27)23-4-2)21(26)24-14-17-12-15-7-5-6-8-19(15)29-17/h5-8,12,16,18,20H,3-4,9-11,13-14H2,1-2H3,(H,24,26)(H2,23,25,27)/t16-,18+,20+/m0/s1. The lowest BCUT2D eigenvalue weighted by Crippen LogP contribution is -2.52. The fourth-order valence-electron chi connectivity index (χ4n) is 3.82. The molecule has 3 N–H and O–H groups in total. The second kappa shape index (κ2) is 10.3. The van der Waals surface area contributed by atoms with Crippen LogP contribution in [0.5, 0.6) is 0 Å². The maximum Gasteiger partial charge on any atom is 0.315 e. The molecular weight excluding hydrogens is 370 g/mol. The van der Waals surface area contributed by atoms with Crippen LogP contribution in [0.4, 0.5) is 4.79 Å². The molecule has 0 spiro atoms. The van der Waals surface area contributed by atoms with Gasteiger partial charge in [0.2, 0.25) is 5.91 Å². The first-order valence-corrected chi connectivity index (χ1v) is 10.5. The van der Waals surface area contributed by atoms with Gasteiger partial charge in [0.05, 0.1) is 18.7 Å². The van der Waals surface area contributed by atoms with Crippen LogP contribution in [0.25, 0.3) is 11.0 Å². The highest BCUT2D eigenvalue weighted by Gasteiger charge is 2.35. The average molecular weight is 402 g/mol. The largest absolute Gasteiger partial charge is 0.459 e. The van der Waals surface area contributed by atoms with Crippen molar-refractivity contribution in [2.75, 3.05) is 13.2 Å². The predicted molar refractivity (Wildman–Crippen MR) is 111 cm³/mol. The number of amides is 3. The van der Waals surface area contributed by atoms with Crippen molar-refractivity contribution in [2.45, 2.75) is 58.2 Å². The second-order valence-corrected chi connectivity index (χ2v) is 7.50. The molecule has 0 unspecified atom stereocenters. The monoisotopic (exact) mass is 401 g/mol. The lowest BCUT2D eigenvalue weighted by Gasteiger charge is -2.35. The number of carbonyl (C=O) groups excluding carboxylic acids is 2. The van der Waals surface area contributed by atoms with E-state index in [0.29, 0.717) is 26.1 Å². The highest BCUT2D eigenvalue weighted by molar-refractivity contribution is 5.80. The van der Waals surface area contributed by atoms with E-state index in [0.717, 1.165) is 36.0 Å². The van der Waals surface area contributed by atoms with Crippen molar-refractivity contribution in [3.63, 3.8) is 0 Å². The van der Waals surface area contributed by atoms with Gasteiger partial charge in [-0.3, -0.25) is 4.79 Å². The SMILES string of the molecule is CCCO[C@@H]1CC[C@H](C(=O)NCc2cc3ccccc3o2)C[C@H]1NC(=O)NCC. The molecule has 1 aromatic heterocycles. The van der Waals surface area contributed by atoms with E-state index in [1.807, 2.05) is 37.3 Å². The van der Waals surface area contributed by atoms with Crippen LogP contribution in [0.2, 0.25) is 0 Å². The maximum atomic E-state index is 12.7. The number of para-hydroxylation sites is 1. The Morgan fingerprint density at radius 1 is 1.17 bits per heavy atom. The summed E-state index contributed by atoms with van der Waals surface area (Å²) in [6, 6.07) is 9.34. The van der Waals surface area contributed by atoms with E-state index in [1.165, 1.54) is 0 Å². The molecule has 0 saturated heterocycles. The van der Waals surface area contributed by atoms with Crippen molar-refractivity contribution < 1.29 is 18.7 Å². The molecule has 7 nitrogen and oxygen atoms in total. The Kier molecular flexibility index (Phi) is 7.52. The Labute approximate surface area is 171 Å². The van der Waals surface area contributed by atoms with Crippen LogP contribution >= 0.6 is 0 Å². The quantitative estimate of drug-likeness (QED) is 0.633. The zero-order valence-corrected chi connectivity index (χ0v) is 17.2. The van der Waals surface area contributed by atoms with E-state index in [2.05, 4.69) is 22.9 Å². The third kappa shape index (κ3) is 5.73. The number of hydrogen-bond acceptors (Lipinski definition) is 4. The van der Waals surface area contributed by atoms with Crippen LogP contribution in [0.3, 0.4) is 0 Å². The number of furan rings is 1. The van der Waals surface area contributed by atoms with Gasteiger partial charge in [-0.05, 0) is 44.7 Å². The Morgan fingerprint density at radius 2 is 2.00 bits per heavy atom. The van der Waals surface area contributed by atoms with Crippen LogP contribution < -0.4 is 16.0 Å². The van der Waals surface area contributed by atoms with Crippen molar-refractivity contribution in [3.05, 3.63) is 36.1 Å². The number of carbonyl (C=O) groups is 2. The van der Waals surface area contributed by atoms with Gasteiger partial charge in [-0.15, -0.1) is 0 Å². The summed E-state index contributed by atoms with van der Waals surface area (Å²) in [5, 5.41) is 9.75. The molecule has 1 fully saturated rings. The Bertz CT molecular complexity index is 786. The summed E-state index contributed by atoms with van der Waals surface area (Å²) in [5.41, 5.74) is 0.816. The number of rotatable bonds is 8. The number of nitrogens with one attached hydrogen (secondary N) is 3. The zero-order chi connectivity index (χ0) is 20.6. The fraction of sp³-hybridized carbons (Fsp3) is 0.545. The summed E-state index contributed by atoms with van der Waals surface area (Å²) in [6.45, 7) is 5.50. The van der Waals surface area contributed by atoms with Gasteiger partial charge in [0.25, 0.3) is 0 Å². The molecule has 3 atom stereocenters. The third-order valence-corrected chi connectivity index (χ3v) is 5.26. The lowest BCUT2D eigenvalue weighted by atomic mass is 9.83. The molecule has 7 heteroatoms. The molecule has 3 rings (SSSR count). The maximum absolute atomic E-state index is 12.7. The Morgan fingerprint density at radius 3 is 2.76 bits per heavy atom. The predicted octanol–water partition coefficient (Wildman–Crippen LogP) is 3.33. The first-order valence-electron chi connectivity index (χ1n) is 10.5. The van der Waals surface area contributed by atoms with Crippen molar-refractivity contribution in [1.29, 1.82) is 0 Å². The molecule has 1 aliphatic carbocycles. The smallest absolute Gasteiger partial charge is 0.315 e. The topological polar surface area (TPSA) is 92.6 Å². The highest BCUT2D eigenvalue weighted by Crippen LogP contribution is 2.27. The van der Waals surface area contributed by atoms with E-state index in [-0.39, 0.29) is 30.0 Å². The Hall–Kier alpha value is -2.54. The van der Waals surface area contributed by atoms with Gasteiger partial charge in [-0.2, -0.15) is 0 Å². The summed E-state index contributed by atoms with van der Waals surface area (Å²) in [7, 11) is 0. The van der Waals surface area contributed by atoms with Crippen LogP contribution in [0.15, 0.2) is 34.7 Å². The molecule has 1 saturated carbocycles. The molecule has 29 heavy (non-hydrogen) atoms. The van der Waals surface area contributed by atoms with Gasteiger partial charge in [0.15, 0.2) is 0 Å². The number of hydrogen-bond donors (Lipinski definition) is 3. The molecular formula is C22H31N3O4. The van der Waals surface area contributed by atoms with Crippen molar-refractivity contribution in [2.24, 2.45) is 5.92 Å². The minimum absolute atomic E-state index is 0.0119. The summed E-state index contributed by atoms with van der Waals surface area (Å²) >= 11 is 0. The summed E-state index contributed by atoms with van der Waals surface area (Å²) < 4.78 is 11.7. The zero-order valence-electron chi connectivity index (χ0n) is 17.2. The molecule has 0 radical (unpaired) electrons. The van der Waals surface area contributed by atoms with E-state index < -0.39 is 0 Å². The molecule has 1 aromatic carbocycles. The van der Waals surface area contributed by atoms with E-state index in [4.69, 9.17) is 9.15 Å². The van der Waals surface area contributed by atoms with E-state index in [1.54, 1.807) is 0 Å². The third-order valence-electron chi connectivity index (χ3n) is 5.26. The van der Waals surface area contributed by atoms with Gasteiger partial charge < -0.3 is 25.1 Å². The number of fused-ring (bicyclic) bond motifs is 1. The second-order valence-electron chi connectivity index (χ2n) is 7.50. The fourth-order valence-corrected chi connectivity index (χ4v) is 3.82. The molecule has 1 heterocycles. The number of ether oxygens (including phenoxy) is 1. The molecule has 2 aromatic rings. The van der Waals surface area contributed by atoms with E-state index in [9.17, 15) is 9.59 Å². The molecule has 0 aliphatic heterocycles. The minimum atomic E-state index is -0.217. The van der Waals surface area contributed by atoms with Gasteiger partial charge in [0, 0.05) is 24.5 Å². The van der Waals surface area contributed by atoms with Crippen molar-refractivity contribution in [1.82, 2.24) is 16.0 Å². The normalized spacial score (nSPS) is 21.7. The first kappa shape index (κ1) is 21.2. The van der Waals surface area contributed by atoms with Gasteiger partial charge in [0.1, 0.15) is 11.3 Å².